The molecule has 2 heterocycles. The first-order chi connectivity index (χ1) is 13.1. The molecule has 0 saturated carbocycles. The highest BCUT2D eigenvalue weighted by Crippen LogP contribution is 2.26. The zero-order valence-corrected chi connectivity index (χ0v) is 16.6. The predicted octanol–water partition coefficient (Wildman–Crippen LogP) is 1.08. The number of hydrogen-bond acceptors (Lipinski definition) is 4. The molecule has 3 atom stereocenters. The van der Waals surface area contributed by atoms with Gasteiger partial charge in [-0.3, -0.25) is 4.79 Å². The second-order valence-corrected chi connectivity index (χ2v) is 7.79. The van der Waals surface area contributed by atoms with Gasteiger partial charge in [-0.25, -0.2) is 0 Å². The maximum atomic E-state index is 12.6. The summed E-state index contributed by atoms with van der Waals surface area (Å²) in [6, 6.07) is 5.54. The van der Waals surface area contributed by atoms with Crippen LogP contribution in [0.4, 0.5) is 0 Å². The molecule has 1 aromatic carbocycles. The van der Waals surface area contributed by atoms with Gasteiger partial charge < -0.3 is 24.4 Å². The normalized spacial score (nSPS) is 26.0. The van der Waals surface area contributed by atoms with Gasteiger partial charge >= 0.3 is 0 Å². The molecule has 6 heteroatoms. The fourth-order valence-electron chi connectivity index (χ4n) is 4.43. The van der Waals surface area contributed by atoms with Crippen LogP contribution in [0.5, 0.6) is 11.5 Å². The van der Waals surface area contributed by atoms with Gasteiger partial charge in [-0.2, -0.15) is 0 Å². The summed E-state index contributed by atoms with van der Waals surface area (Å²) in [5, 5.41) is 10.2. The second-order valence-electron chi connectivity index (χ2n) is 7.79. The van der Waals surface area contributed by atoms with E-state index in [-0.39, 0.29) is 5.91 Å². The zero-order chi connectivity index (χ0) is 19.2. The van der Waals surface area contributed by atoms with Gasteiger partial charge in [-0.15, -0.1) is 0 Å². The molecule has 1 aromatic rings. The maximum absolute atomic E-state index is 12.6. The van der Waals surface area contributed by atoms with Crippen molar-refractivity contribution in [1.29, 1.82) is 0 Å². The third-order valence-corrected chi connectivity index (χ3v) is 6.14. The number of nitrogens with zero attached hydrogens (tertiary/aromatic N) is 1. The lowest BCUT2D eigenvalue weighted by Gasteiger charge is -2.37. The summed E-state index contributed by atoms with van der Waals surface area (Å²) < 4.78 is 10.5. The molecule has 3 rings (SSSR count). The van der Waals surface area contributed by atoms with Crippen molar-refractivity contribution in [1.82, 2.24) is 4.90 Å². The average molecular weight is 378 g/mol. The molecule has 150 valence electrons. The molecular formula is C21H33N2O4+. The smallest absolute Gasteiger partial charge is 0.223 e. The van der Waals surface area contributed by atoms with E-state index >= 15 is 0 Å². The van der Waals surface area contributed by atoms with E-state index in [9.17, 15) is 9.90 Å². The van der Waals surface area contributed by atoms with E-state index in [1.54, 1.807) is 13.2 Å². The molecule has 0 spiro atoms. The van der Waals surface area contributed by atoms with Crippen molar-refractivity contribution in [2.45, 2.75) is 32.7 Å². The highest BCUT2D eigenvalue weighted by Gasteiger charge is 2.33. The third kappa shape index (κ3) is 5.14. The zero-order valence-electron chi connectivity index (χ0n) is 16.6. The monoisotopic (exact) mass is 377 g/mol. The minimum Gasteiger partial charge on any atom is -0.507 e. The summed E-state index contributed by atoms with van der Waals surface area (Å²) in [6.45, 7) is 7.94. The topological polar surface area (TPSA) is 63.4 Å². The van der Waals surface area contributed by atoms with E-state index < -0.39 is 0 Å². The van der Waals surface area contributed by atoms with Gasteiger partial charge in [0.1, 0.15) is 18.0 Å². The lowest BCUT2D eigenvalue weighted by atomic mass is 9.81. The van der Waals surface area contributed by atoms with Crippen molar-refractivity contribution < 1.29 is 24.3 Å². The number of likely N-dealkylation sites (tertiary alicyclic amines) is 1. The Bertz CT molecular complexity index is 631. The van der Waals surface area contributed by atoms with E-state index in [0.29, 0.717) is 43.0 Å². The number of ether oxygens (including phenoxy) is 2. The van der Waals surface area contributed by atoms with Crippen molar-refractivity contribution >= 4 is 5.91 Å². The number of methoxy groups -OCH3 is 1. The van der Waals surface area contributed by atoms with Crippen molar-refractivity contribution in [2.24, 2.45) is 11.8 Å². The summed E-state index contributed by atoms with van der Waals surface area (Å²) in [4.78, 5) is 16.1. The van der Waals surface area contributed by atoms with Crippen LogP contribution in [0.15, 0.2) is 18.2 Å². The molecule has 1 unspecified atom stereocenters. The van der Waals surface area contributed by atoms with Crippen molar-refractivity contribution in [3.63, 3.8) is 0 Å². The fraction of sp³-hybridized carbons (Fsp3) is 0.667. The van der Waals surface area contributed by atoms with Gasteiger partial charge in [0.15, 0.2) is 0 Å². The highest BCUT2D eigenvalue weighted by atomic mass is 16.5. The Morgan fingerprint density at radius 2 is 2.11 bits per heavy atom. The SMILES string of the molecule is CC[C@H]1C[NH+](Cc2ccc(OC)cc2O)CC[C@H]1CC(=O)N1CCOCC1. The summed E-state index contributed by atoms with van der Waals surface area (Å²) >= 11 is 0. The molecule has 2 fully saturated rings. The number of aromatic hydroxyl groups is 1. The summed E-state index contributed by atoms with van der Waals surface area (Å²) in [6.07, 6.45) is 2.83. The highest BCUT2D eigenvalue weighted by molar-refractivity contribution is 5.76. The molecule has 2 saturated heterocycles. The Morgan fingerprint density at radius 3 is 2.78 bits per heavy atom. The number of carbonyl (C=O) groups is 1. The van der Waals surface area contributed by atoms with Crippen LogP contribution >= 0.6 is 0 Å². The van der Waals surface area contributed by atoms with Gasteiger partial charge in [0.05, 0.1) is 33.4 Å². The third-order valence-electron chi connectivity index (χ3n) is 6.14. The molecule has 2 aliphatic rings. The molecule has 1 amide bonds. The number of rotatable bonds is 6. The lowest BCUT2D eigenvalue weighted by Crippen LogP contribution is -3.12. The summed E-state index contributed by atoms with van der Waals surface area (Å²) in [5.74, 6) is 2.30. The quantitative estimate of drug-likeness (QED) is 0.779. The molecule has 0 radical (unpaired) electrons. The number of nitrogens with one attached hydrogen (secondary N) is 1. The van der Waals surface area contributed by atoms with Gasteiger partial charge in [-0.05, 0) is 24.5 Å². The van der Waals surface area contributed by atoms with Crippen LogP contribution < -0.4 is 9.64 Å². The Hall–Kier alpha value is -1.79. The standard InChI is InChI=1S/C21H32N2O4/c1-3-16-14-22(15-18-4-5-19(26-2)13-20(18)24)7-6-17(16)12-21(25)23-8-10-27-11-9-23/h4-5,13,16-17,24H,3,6-12,14-15H2,1-2H3/p+1/t16-,17-/m0/s1. The van der Waals surface area contributed by atoms with Crippen LogP contribution in [-0.2, 0) is 16.1 Å². The number of quaternary nitrogens is 1. The molecular weight excluding hydrogens is 344 g/mol. The summed E-state index contributed by atoms with van der Waals surface area (Å²) in [7, 11) is 1.61. The molecule has 2 N–H and O–H groups in total. The molecule has 2 aliphatic heterocycles. The Balaban J connectivity index is 1.55. The summed E-state index contributed by atoms with van der Waals surface area (Å²) in [5.41, 5.74) is 0.962. The van der Waals surface area contributed by atoms with E-state index in [0.717, 1.165) is 51.1 Å². The Kier molecular flexibility index (Phi) is 6.96. The van der Waals surface area contributed by atoms with Gasteiger partial charge in [0, 0.05) is 43.5 Å². The van der Waals surface area contributed by atoms with Gasteiger partial charge in [-0.1, -0.05) is 6.92 Å². The molecule has 27 heavy (non-hydrogen) atoms. The number of hydrogen-bond donors (Lipinski definition) is 2. The first-order valence-corrected chi connectivity index (χ1v) is 10.2. The minimum atomic E-state index is 0.290. The van der Waals surface area contributed by atoms with Gasteiger partial charge in [0.2, 0.25) is 5.91 Å². The minimum absolute atomic E-state index is 0.290. The number of piperidine rings is 1. The van der Waals surface area contributed by atoms with Crippen LogP contribution in [0, 0.1) is 11.8 Å². The first-order valence-electron chi connectivity index (χ1n) is 10.2. The number of carbonyl (C=O) groups excluding carboxylic acids is 1. The van der Waals surface area contributed by atoms with E-state index in [2.05, 4.69) is 6.92 Å². The Morgan fingerprint density at radius 1 is 1.33 bits per heavy atom. The number of phenolic OH excluding ortho intramolecular Hbond substituents is 1. The van der Waals surface area contributed by atoms with Crippen molar-refractivity contribution in [2.75, 3.05) is 46.5 Å². The Labute approximate surface area is 162 Å². The van der Waals surface area contributed by atoms with Crippen LogP contribution in [0.25, 0.3) is 0 Å². The van der Waals surface area contributed by atoms with Crippen LogP contribution in [0.3, 0.4) is 0 Å². The maximum Gasteiger partial charge on any atom is 0.223 e. The number of phenols is 1. The van der Waals surface area contributed by atoms with E-state index in [4.69, 9.17) is 9.47 Å². The first kappa shape index (κ1) is 20.0. The molecule has 0 bridgehead atoms. The van der Waals surface area contributed by atoms with Crippen LogP contribution in [0.2, 0.25) is 0 Å². The predicted molar refractivity (Wildman–Crippen MR) is 103 cm³/mol. The van der Waals surface area contributed by atoms with E-state index in [1.165, 1.54) is 4.90 Å². The van der Waals surface area contributed by atoms with Crippen LogP contribution in [-0.4, -0.2) is 62.4 Å². The van der Waals surface area contributed by atoms with Crippen LogP contribution in [0.1, 0.15) is 31.7 Å². The van der Waals surface area contributed by atoms with Crippen molar-refractivity contribution in [3.8, 4) is 11.5 Å². The number of benzene rings is 1. The number of amides is 1. The molecule has 0 aliphatic carbocycles. The molecule has 6 nitrogen and oxygen atoms in total. The average Bonchev–Trinajstić information content (AvgIpc) is 2.71. The van der Waals surface area contributed by atoms with E-state index in [1.807, 2.05) is 17.0 Å². The number of morpholine rings is 1. The second kappa shape index (κ2) is 9.42. The van der Waals surface area contributed by atoms with Gasteiger partial charge in [0.25, 0.3) is 0 Å². The molecule has 0 aromatic heterocycles. The van der Waals surface area contributed by atoms with Crippen molar-refractivity contribution in [3.05, 3.63) is 23.8 Å². The largest absolute Gasteiger partial charge is 0.507 e. The fourth-order valence-corrected chi connectivity index (χ4v) is 4.43. The lowest BCUT2D eigenvalue weighted by molar-refractivity contribution is -0.923.